The fraction of sp³-hybridized carbons (Fsp3) is 0.364. The molecule has 2 N–H and O–H groups in total. The Balaban J connectivity index is 0.000000437. The summed E-state index contributed by atoms with van der Waals surface area (Å²) in [6.07, 6.45) is 1.55. The van der Waals surface area contributed by atoms with Gasteiger partial charge in [0.25, 0.3) is 0 Å². The molecular weight excluding hydrogens is 299 g/mol. The zero-order valence-corrected chi connectivity index (χ0v) is 13.1. The zero-order valence-electron chi connectivity index (χ0n) is 10.1. The van der Waals surface area contributed by atoms with E-state index in [1.54, 1.807) is 26.1 Å². The average Bonchev–Trinajstić information content (AvgIpc) is 2.62. The summed E-state index contributed by atoms with van der Waals surface area (Å²) in [4.78, 5) is 0. The molecule has 0 radical (unpaired) electrons. The van der Waals surface area contributed by atoms with E-state index in [0.29, 0.717) is 5.39 Å². The second-order valence-corrected chi connectivity index (χ2v) is 8.01. The molecule has 1 aromatic carbocycles. The Hall–Kier alpha value is -0.174. The van der Waals surface area contributed by atoms with Crippen molar-refractivity contribution in [1.82, 2.24) is 10.2 Å². The average molecular weight is 313 g/mol. The predicted molar refractivity (Wildman–Crippen MR) is 71.8 cm³/mol. The van der Waals surface area contributed by atoms with Crippen LogP contribution in [0.3, 0.4) is 0 Å². The van der Waals surface area contributed by atoms with Gasteiger partial charge in [-0.2, -0.15) is 5.10 Å². The van der Waals surface area contributed by atoms with Gasteiger partial charge in [-0.3, -0.25) is 5.10 Å². The highest BCUT2D eigenvalue weighted by atomic mass is 79.9. The van der Waals surface area contributed by atoms with Crippen LogP contribution in [-0.4, -0.2) is 33.5 Å². The molecule has 0 saturated carbocycles. The first-order valence-electron chi connectivity index (χ1n) is 5.31. The van der Waals surface area contributed by atoms with Gasteiger partial charge in [0.2, 0.25) is 0 Å². The maximum absolute atomic E-state index is 13.5. The Kier molecular flexibility index (Phi) is 5.37. The molecule has 0 fully saturated rings. The smallest absolute Gasteiger partial charge is 0.386 e. The highest BCUT2D eigenvalue weighted by Gasteiger charge is 2.21. The summed E-state index contributed by atoms with van der Waals surface area (Å²) in [6, 6.07) is 2.95. The molecule has 0 atom stereocenters. The number of benzene rings is 1. The second kappa shape index (κ2) is 6.13. The molecule has 0 aliphatic rings. The van der Waals surface area contributed by atoms with Crippen LogP contribution in [0.5, 0.6) is 0 Å². The van der Waals surface area contributed by atoms with Crippen LogP contribution in [0.4, 0.5) is 4.39 Å². The number of aromatic nitrogens is 2. The molecular formula is C11H14BrFMgN2O. The third-order valence-corrected chi connectivity index (χ3v) is 2.19. The Morgan fingerprint density at radius 3 is 2.59 bits per heavy atom. The third kappa shape index (κ3) is 3.91. The number of hydrogen-bond acceptors (Lipinski definition) is 2. The van der Waals surface area contributed by atoms with Crippen molar-refractivity contribution >= 4 is 42.0 Å². The summed E-state index contributed by atoms with van der Waals surface area (Å²) < 4.78 is 13.5. The number of aliphatic hydroxyl groups is 1. The van der Waals surface area contributed by atoms with Gasteiger partial charge in [-0.05, 0) is 26.0 Å². The molecule has 2 rings (SSSR count). The van der Waals surface area contributed by atoms with E-state index in [1.807, 2.05) is 0 Å². The minimum absolute atomic E-state index is 0.229. The van der Waals surface area contributed by atoms with E-state index >= 15 is 0 Å². The Morgan fingerprint density at radius 1 is 1.47 bits per heavy atom. The summed E-state index contributed by atoms with van der Waals surface area (Å²) in [7, 11) is 0. The number of H-pyrrole nitrogens is 1. The number of aromatic amines is 1. The Morgan fingerprint density at radius 2 is 2.06 bits per heavy atom. The minimum atomic E-state index is -1.18. The van der Waals surface area contributed by atoms with E-state index in [1.165, 1.54) is 6.07 Å². The highest BCUT2D eigenvalue weighted by molar-refractivity contribution is 9.23. The lowest BCUT2D eigenvalue weighted by atomic mass is 9.97. The number of halogens is 2. The molecule has 0 aliphatic heterocycles. The van der Waals surface area contributed by atoms with Crippen molar-refractivity contribution in [1.29, 1.82) is 0 Å². The lowest BCUT2D eigenvalue weighted by Gasteiger charge is -2.18. The first-order chi connectivity index (χ1) is 7.90. The van der Waals surface area contributed by atoms with Crippen molar-refractivity contribution in [3.8, 4) is 0 Å². The minimum Gasteiger partial charge on any atom is -0.386 e. The van der Waals surface area contributed by atoms with Gasteiger partial charge in [-0.1, -0.05) is 0 Å². The van der Waals surface area contributed by atoms with Gasteiger partial charge in [-0.15, -0.1) is 5.05 Å². The number of nitrogens with one attached hydrogen (secondary N) is 1. The Labute approximate surface area is 115 Å². The molecule has 0 spiro atoms. The molecule has 0 bridgehead atoms. The molecule has 0 unspecified atom stereocenters. The number of rotatable bonds is 1. The van der Waals surface area contributed by atoms with Crippen LogP contribution >= 0.6 is 12.9 Å². The van der Waals surface area contributed by atoms with Gasteiger partial charge >= 0.3 is 18.2 Å². The quantitative estimate of drug-likeness (QED) is 0.795. The van der Waals surface area contributed by atoms with E-state index < -0.39 is 11.4 Å². The van der Waals surface area contributed by atoms with Crippen LogP contribution in [0.2, 0.25) is 5.05 Å². The predicted octanol–water partition coefficient (Wildman–Crippen LogP) is 2.98. The molecule has 1 aromatic heterocycles. The van der Waals surface area contributed by atoms with Crippen LogP contribution in [0.25, 0.3) is 10.9 Å². The highest BCUT2D eigenvalue weighted by Crippen LogP contribution is 2.26. The summed E-state index contributed by atoms with van der Waals surface area (Å²) >= 11 is 3.51. The van der Waals surface area contributed by atoms with E-state index in [0.717, 1.165) is 5.52 Å². The molecule has 3 nitrogen and oxygen atoms in total. The van der Waals surface area contributed by atoms with Crippen molar-refractivity contribution in [2.24, 2.45) is 0 Å². The number of nitrogens with zero attached hydrogens (tertiary/aromatic N) is 1. The standard InChI is InChI=1S/C10H11FN2O.CH3.BrH.Mg/c1-10(2,14)7-4-9-6(3-8(7)11)5-12-13-9;;;/h3-5,14H,1-2H3,(H,12,13);1H3;1H;/q;;;+1/p-1. The molecule has 0 aliphatic carbocycles. The molecule has 2 aromatic rings. The largest absolute Gasteiger partial charge is 0.465 e. The molecule has 90 valence electrons. The molecule has 17 heavy (non-hydrogen) atoms. The first-order valence-corrected chi connectivity index (χ1v) is 10.6. The maximum Gasteiger partial charge on any atom is 0.465 e. The van der Waals surface area contributed by atoms with E-state index in [2.05, 4.69) is 28.1 Å². The van der Waals surface area contributed by atoms with Gasteiger partial charge in [-0.25, -0.2) is 4.39 Å². The number of hydrogen-bond donors (Lipinski definition) is 2. The van der Waals surface area contributed by atoms with Crippen LogP contribution < -0.4 is 0 Å². The second-order valence-electron chi connectivity index (χ2n) is 4.12. The lowest BCUT2D eigenvalue weighted by molar-refractivity contribution is 0.0747. The van der Waals surface area contributed by atoms with Gasteiger partial charge < -0.3 is 18.0 Å². The van der Waals surface area contributed by atoms with E-state index in [4.69, 9.17) is 0 Å². The van der Waals surface area contributed by atoms with Gasteiger partial charge in [0.05, 0.1) is 17.3 Å². The SMILES string of the molecule is CC(C)(O)c1cc2[nH]ncc2cc1F.[CH3][Mg][Br]. The van der Waals surface area contributed by atoms with Crippen LogP contribution in [-0.2, 0) is 5.60 Å². The molecule has 6 heteroatoms. The summed E-state index contributed by atoms with van der Waals surface area (Å²) in [5.41, 5.74) is -0.179. The fourth-order valence-corrected chi connectivity index (χ4v) is 1.43. The van der Waals surface area contributed by atoms with Crippen molar-refractivity contribution in [3.63, 3.8) is 0 Å². The normalized spacial score (nSPS) is 10.7. The van der Waals surface area contributed by atoms with Crippen molar-refractivity contribution in [2.75, 3.05) is 0 Å². The van der Waals surface area contributed by atoms with Gasteiger partial charge in [0, 0.05) is 10.9 Å². The zero-order chi connectivity index (χ0) is 13.1. The van der Waals surface area contributed by atoms with Crippen molar-refractivity contribution < 1.29 is 9.50 Å². The Bertz CT molecular complexity index is 496. The topological polar surface area (TPSA) is 48.9 Å². The maximum atomic E-state index is 13.5. The van der Waals surface area contributed by atoms with Crippen LogP contribution in [0.1, 0.15) is 19.4 Å². The molecule has 0 amide bonds. The molecule has 0 saturated heterocycles. The monoisotopic (exact) mass is 312 g/mol. The fourth-order valence-electron chi connectivity index (χ4n) is 1.43. The van der Waals surface area contributed by atoms with Crippen molar-refractivity contribution in [3.05, 3.63) is 29.7 Å². The number of fused-ring (bicyclic) bond motifs is 1. The van der Waals surface area contributed by atoms with Gasteiger partial charge in [0.1, 0.15) is 5.82 Å². The van der Waals surface area contributed by atoms with Crippen LogP contribution in [0, 0.1) is 5.82 Å². The lowest BCUT2D eigenvalue weighted by Crippen LogP contribution is -2.17. The van der Waals surface area contributed by atoms with E-state index in [-0.39, 0.29) is 23.8 Å². The van der Waals surface area contributed by atoms with Crippen molar-refractivity contribution in [2.45, 2.75) is 24.5 Å². The van der Waals surface area contributed by atoms with Crippen LogP contribution in [0.15, 0.2) is 18.3 Å². The summed E-state index contributed by atoms with van der Waals surface area (Å²) in [5.74, 6) is -0.411. The third-order valence-electron chi connectivity index (χ3n) is 2.19. The van der Waals surface area contributed by atoms with E-state index in [9.17, 15) is 9.50 Å². The molecule has 1 heterocycles. The first kappa shape index (κ1) is 14.9. The van der Waals surface area contributed by atoms with Gasteiger partial charge in [0.15, 0.2) is 0 Å². The summed E-state index contributed by atoms with van der Waals surface area (Å²) in [6.45, 7) is 3.10. The summed E-state index contributed by atoms with van der Waals surface area (Å²) in [5, 5.41) is 19.1.